The molecule has 0 saturated carbocycles. The largest absolute Gasteiger partial charge is 0.487 e. The highest BCUT2D eigenvalue weighted by atomic mass is 35.5. The van der Waals surface area contributed by atoms with Crippen molar-refractivity contribution >= 4 is 11.6 Å². The first-order valence-corrected chi connectivity index (χ1v) is 8.17. The molecule has 2 N–H and O–H groups in total. The predicted octanol–water partition coefficient (Wildman–Crippen LogP) is 2.74. The topological polar surface area (TPSA) is 80.4 Å². The van der Waals surface area contributed by atoms with Crippen LogP contribution >= 0.6 is 11.6 Å². The lowest BCUT2D eigenvalue weighted by Crippen LogP contribution is -2.09. The number of halogens is 1. The molecule has 0 aliphatic heterocycles. The minimum atomic E-state index is -0.773. The highest BCUT2D eigenvalue weighted by Crippen LogP contribution is 2.23. The molecule has 7 heteroatoms. The number of aliphatic hydroxyl groups excluding tert-OH is 2. The van der Waals surface area contributed by atoms with Crippen LogP contribution in [0.4, 0.5) is 0 Å². The van der Waals surface area contributed by atoms with E-state index in [0.29, 0.717) is 22.0 Å². The normalized spacial score (nSPS) is 12.1. The predicted molar refractivity (Wildman–Crippen MR) is 93.1 cm³/mol. The molecule has 1 aromatic heterocycles. The summed E-state index contributed by atoms with van der Waals surface area (Å²) in [6.45, 7) is 0.459. The van der Waals surface area contributed by atoms with E-state index >= 15 is 0 Å². The second-order valence-corrected chi connectivity index (χ2v) is 5.97. The van der Waals surface area contributed by atoms with E-state index in [0.717, 1.165) is 5.56 Å². The summed E-state index contributed by atoms with van der Waals surface area (Å²) in [4.78, 5) is 0. The molecule has 0 saturated heterocycles. The lowest BCUT2D eigenvalue weighted by Gasteiger charge is -2.11. The Balaban J connectivity index is 1.59. The van der Waals surface area contributed by atoms with Crippen LogP contribution in [-0.4, -0.2) is 25.2 Å². The molecule has 2 aromatic carbocycles. The smallest absolute Gasteiger partial charge is 0.134 e. The maximum atomic E-state index is 10.3. The first kappa shape index (κ1) is 17.4. The number of rotatable bonds is 7. The Bertz CT molecular complexity index is 838. The van der Waals surface area contributed by atoms with Gasteiger partial charge in [0, 0.05) is 10.6 Å². The second-order valence-electron chi connectivity index (χ2n) is 5.56. The summed E-state index contributed by atoms with van der Waals surface area (Å²) >= 11 is 6.09. The summed E-state index contributed by atoms with van der Waals surface area (Å²) < 4.78 is 7.20. The molecular weight excluding hydrogens is 342 g/mol. The molecule has 1 unspecified atom stereocenters. The van der Waals surface area contributed by atoms with Crippen LogP contribution in [0.25, 0.3) is 0 Å². The minimum Gasteiger partial charge on any atom is -0.487 e. The highest BCUT2D eigenvalue weighted by Gasteiger charge is 2.13. The van der Waals surface area contributed by atoms with Crippen molar-refractivity contribution in [1.82, 2.24) is 15.0 Å². The van der Waals surface area contributed by atoms with Crippen LogP contribution in [0.15, 0.2) is 54.7 Å². The molecule has 0 bridgehead atoms. The van der Waals surface area contributed by atoms with Gasteiger partial charge in [-0.2, -0.15) is 0 Å². The average Bonchev–Trinajstić information content (AvgIpc) is 3.08. The molecule has 25 heavy (non-hydrogen) atoms. The van der Waals surface area contributed by atoms with Crippen molar-refractivity contribution in [1.29, 1.82) is 0 Å². The van der Waals surface area contributed by atoms with Crippen molar-refractivity contribution in [2.45, 2.75) is 25.9 Å². The molecule has 0 amide bonds. The van der Waals surface area contributed by atoms with E-state index in [-0.39, 0.29) is 19.8 Å². The third-order valence-corrected chi connectivity index (χ3v) is 4.02. The number of aliphatic hydroxyl groups is 2. The molecule has 1 heterocycles. The van der Waals surface area contributed by atoms with Gasteiger partial charge >= 0.3 is 0 Å². The number of aromatic nitrogens is 3. The Hall–Kier alpha value is -2.41. The molecule has 0 fully saturated rings. The van der Waals surface area contributed by atoms with E-state index in [1.807, 2.05) is 30.3 Å². The zero-order chi connectivity index (χ0) is 17.6. The van der Waals surface area contributed by atoms with Gasteiger partial charge in [-0.05, 0) is 23.8 Å². The van der Waals surface area contributed by atoms with Crippen molar-refractivity contribution in [3.8, 4) is 5.75 Å². The van der Waals surface area contributed by atoms with Gasteiger partial charge in [-0.1, -0.05) is 47.1 Å². The molecule has 130 valence electrons. The molecule has 0 aliphatic carbocycles. The first-order chi connectivity index (χ1) is 12.2. The Labute approximate surface area is 150 Å². The fourth-order valence-electron chi connectivity index (χ4n) is 2.41. The van der Waals surface area contributed by atoms with Gasteiger partial charge in [-0.15, -0.1) is 5.10 Å². The fourth-order valence-corrected chi connectivity index (χ4v) is 2.67. The average molecular weight is 360 g/mol. The van der Waals surface area contributed by atoms with E-state index in [4.69, 9.17) is 21.4 Å². The van der Waals surface area contributed by atoms with Crippen LogP contribution < -0.4 is 4.74 Å². The molecule has 3 rings (SSSR count). The van der Waals surface area contributed by atoms with Gasteiger partial charge in [-0.25, -0.2) is 4.68 Å². The second kappa shape index (κ2) is 8.11. The van der Waals surface area contributed by atoms with Crippen molar-refractivity contribution in [2.24, 2.45) is 0 Å². The standard InChI is InChI=1S/C18H18ClN3O3/c19-17-7-2-1-6-16(17)18(24)10-22-9-14(20-21-22)12-25-15-5-3-4-13(8-15)11-23/h1-9,18,23-24H,10-12H2. The van der Waals surface area contributed by atoms with Crippen molar-refractivity contribution < 1.29 is 14.9 Å². The van der Waals surface area contributed by atoms with Gasteiger partial charge in [0.05, 0.1) is 19.3 Å². The number of nitrogens with zero attached hydrogens (tertiary/aromatic N) is 3. The van der Waals surface area contributed by atoms with Crippen LogP contribution in [0.2, 0.25) is 5.02 Å². The number of benzene rings is 2. The first-order valence-electron chi connectivity index (χ1n) is 7.80. The van der Waals surface area contributed by atoms with Gasteiger partial charge < -0.3 is 14.9 Å². The third kappa shape index (κ3) is 4.57. The van der Waals surface area contributed by atoms with Crippen LogP contribution in [0, 0.1) is 0 Å². The molecule has 0 aliphatic rings. The fraction of sp³-hybridized carbons (Fsp3) is 0.222. The summed E-state index contributed by atoms with van der Waals surface area (Å²) in [7, 11) is 0. The van der Waals surface area contributed by atoms with Crippen molar-refractivity contribution in [2.75, 3.05) is 0 Å². The zero-order valence-electron chi connectivity index (χ0n) is 13.4. The molecule has 0 radical (unpaired) electrons. The summed E-state index contributed by atoms with van der Waals surface area (Å²) in [6.07, 6.45) is 0.945. The monoisotopic (exact) mass is 359 g/mol. The Morgan fingerprint density at radius 2 is 2.00 bits per heavy atom. The minimum absolute atomic E-state index is 0.0344. The maximum absolute atomic E-state index is 10.3. The van der Waals surface area contributed by atoms with E-state index in [9.17, 15) is 5.11 Å². The van der Waals surface area contributed by atoms with Gasteiger partial charge in [0.1, 0.15) is 24.2 Å². The third-order valence-electron chi connectivity index (χ3n) is 3.68. The number of hydrogen-bond acceptors (Lipinski definition) is 5. The number of hydrogen-bond donors (Lipinski definition) is 2. The van der Waals surface area contributed by atoms with E-state index in [2.05, 4.69) is 10.3 Å². The zero-order valence-corrected chi connectivity index (χ0v) is 14.2. The number of ether oxygens (including phenoxy) is 1. The molecule has 1 atom stereocenters. The van der Waals surface area contributed by atoms with Crippen molar-refractivity contribution in [3.63, 3.8) is 0 Å². The summed E-state index contributed by atoms with van der Waals surface area (Å²) in [5.41, 5.74) is 2.07. The van der Waals surface area contributed by atoms with Gasteiger partial charge in [0.15, 0.2) is 0 Å². The quantitative estimate of drug-likeness (QED) is 0.678. The van der Waals surface area contributed by atoms with Crippen LogP contribution in [-0.2, 0) is 19.8 Å². The Morgan fingerprint density at radius 3 is 2.80 bits per heavy atom. The maximum Gasteiger partial charge on any atom is 0.134 e. The summed E-state index contributed by atoms with van der Waals surface area (Å²) in [6, 6.07) is 14.4. The van der Waals surface area contributed by atoms with Crippen LogP contribution in [0.1, 0.15) is 22.9 Å². The van der Waals surface area contributed by atoms with Crippen LogP contribution in [0.3, 0.4) is 0 Å². The molecule has 6 nitrogen and oxygen atoms in total. The van der Waals surface area contributed by atoms with E-state index in [1.54, 1.807) is 29.1 Å². The SMILES string of the molecule is OCc1cccc(OCc2cn(CC(O)c3ccccc3Cl)nn2)c1. The summed E-state index contributed by atoms with van der Waals surface area (Å²) in [5, 5.41) is 28.0. The lowest BCUT2D eigenvalue weighted by atomic mass is 10.1. The molecule has 3 aromatic rings. The lowest BCUT2D eigenvalue weighted by molar-refractivity contribution is 0.150. The Morgan fingerprint density at radius 1 is 1.16 bits per heavy atom. The van der Waals surface area contributed by atoms with Crippen molar-refractivity contribution in [3.05, 3.63) is 76.6 Å². The van der Waals surface area contributed by atoms with Gasteiger partial charge in [0.25, 0.3) is 0 Å². The Kier molecular flexibility index (Phi) is 5.65. The molecular formula is C18H18ClN3O3. The van der Waals surface area contributed by atoms with E-state index < -0.39 is 6.10 Å². The highest BCUT2D eigenvalue weighted by molar-refractivity contribution is 6.31. The van der Waals surface area contributed by atoms with Gasteiger partial charge in [0.2, 0.25) is 0 Å². The molecule has 0 spiro atoms. The van der Waals surface area contributed by atoms with Gasteiger partial charge in [-0.3, -0.25) is 0 Å². The van der Waals surface area contributed by atoms with Crippen LogP contribution in [0.5, 0.6) is 5.75 Å². The van der Waals surface area contributed by atoms with E-state index in [1.165, 1.54) is 0 Å². The summed E-state index contributed by atoms with van der Waals surface area (Å²) in [5.74, 6) is 0.650.